The average Bonchev–Trinajstić information content (AvgIpc) is 2.75. The first kappa shape index (κ1) is 20.6. The third kappa shape index (κ3) is 3.74. The number of carbonyl (C=O) groups is 1. The maximum atomic E-state index is 12.4. The lowest BCUT2D eigenvalue weighted by Gasteiger charge is -2.49. The second kappa shape index (κ2) is 8.06. The van der Waals surface area contributed by atoms with Gasteiger partial charge in [0.2, 0.25) is 0 Å². The van der Waals surface area contributed by atoms with Crippen LogP contribution in [0.3, 0.4) is 0 Å². The Bertz CT molecular complexity index is 610. The molecule has 8 atom stereocenters. The summed E-state index contributed by atoms with van der Waals surface area (Å²) in [5.41, 5.74) is 0.472. The van der Waals surface area contributed by atoms with Crippen LogP contribution in [-0.2, 0) is 14.3 Å². The normalized spacial score (nSPS) is 46.1. The van der Waals surface area contributed by atoms with Crippen molar-refractivity contribution >= 4 is 5.97 Å². The number of cyclic esters (lactones) is 1. The van der Waals surface area contributed by atoms with Gasteiger partial charge < -0.3 is 19.7 Å². The van der Waals surface area contributed by atoms with E-state index < -0.39 is 23.9 Å². The van der Waals surface area contributed by atoms with Gasteiger partial charge in [-0.05, 0) is 44.6 Å². The van der Waals surface area contributed by atoms with Gasteiger partial charge in [0.15, 0.2) is 0 Å². The number of hydrogen-bond donors (Lipinski definition) is 2. The number of ether oxygens (including phenoxy) is 2. The van der Waals surface area contributed by atoms with Crippen LogP contribution in [0, 0.1) is 23.7 Å². The van der Waals surface area contributed by atoms with Crippen LogP contribution in [0.5, 0.6) is 0 Å². The Balaban J connectivity index is 2.10. The fourth-order valence-electron chi connectivity index (χ4n) is 5.33. The second-order valence-corrected chi connectivity index (χ2v) is 8.72. The summed E-state index contributed by atoms with van der Waals surface area (Å²) in [6.45, 7) is 8.38. The SMILES string of the molecule is C/C1=C\C(C)C(C(C)O)OC(=O)CCC2C=CCC3C(O)[C@@H](C)CCO[C@@]123. The fraction of sp³-hybridized carbons (Fsp3) is 0.773. The van der Waals surface area contributed by atoms with Crippen molar-refractivity contribution in [1.82, 2.24) is 0 Å². The molecule has 3 aliphatic rings. The zero-order chi connectivity index (χ0) is 19.8. The maximum absolute atomic E-state index is 12.4. The van der Waals surface area contributed by atoms with Gasteiger partial charge in [-0.2, -0.15) is 0 Å². The molecule has 1 fully saturated rings. The zero-order valence-corrected chi connectivity index (χ0v) is 16.9. The molecule has 0 radical (unpaired) electrons. The molecule has 152 valence electrons. The summed E-state index contributed by atoms with van der Waals surface area (Å²) in [4.78, 5) is 12.4. The second-order valence-electron chi connectivity index (χ2n) is 8.72. The number of carbonyl (C=O) groups excluding carboxylic acids is 1. The van der Waals surface area contributed by atoms with Crippen LogP contribution in [0.1, 0.15) is 53.4 Å². The third-order valence-electron chi connectivity index (χ3n) is 6.82. The highest BCUT2D eigenvalue weighted by molar-refractivity contribution is 5.69. The van der Waals surface area contributed by atoms with Gasteiger partial charge >= 0.3 is 5.97 Å². The highest BCUT2D eigenvalue weighted by Crippen LogP contribution is 2.50. The predicted molar refractivity (Wildman–Crippen MR) is 103 cm³/mol. The van der Waals surface area contributed by atoms with Crippen LogP contribution in [0.15, 0.2) is 23.8 Å². The summed E-state index contributed by atoms with van der Waals surface area (Å²) in [7, 11) is 0. The summed E-state index contributed by atoms with van der Waals surface area (Å²) < 4.78 is 12.1. The van der Waals surface area contributed by atoms with Gasteiger partial charge in [-0.25, -0.2) is 0 Å². The molecule has 5 nitrogen and oxygen atoms in total. The fourth-order valence-corrected chi connectivity index (χ4v) is 5.33. The highest BCUT2D eigenvalue weighted by atomic mass is 16.6. The van der Waals surface area contributed by atoms with Gasteiger partial charge in [0.25, 0.3) is 0 Å². The van der Waals surface area contributed by atoms with E-state index in [4.69, 9.17) is 9.47 Å². The van der Waals surface area contributed by atoms with E-state index >= 15 is 0 Å². The molecule has 6 unspecified atom stereocenters. The van der Waals surface area contributed by atoms with Crippen LogP contribution in [0.4, 0.5) is 0 Å². The van der Waals surface area contributed by atoms with Gasteiger partial charge in [-0.1, -0.05) is 32.1 Å². The molecule has 0 aromatic carbocycles. The van der Waals surface area contributed by atoms with E-state index in [1.807, 2.05) is 6.92 Å². The number of rotatable bonds is 1. The minimum atomic E-state index is -0.747. The molecule has 0 aromatic rings. The van der Waals surface area contributed by atoms with E-state index in [0.29, 0.717) is 13.0 Å². The molecule has 0 bridgehead atoms. The van der Waals surface area contributed by atoms with Gasteiger partial charge in [0, 0.05) is 30.8 Å². The smallest absolute Gasteiger partial charge is 0.306 e. The van der Waals surface area contributed by atoms with Crippen molar-refractivity contribution in [2.75, 3.05) is 6.61 Å². The molecule has 3 rings (SSSR count). The number of aliphatic hydroxyl groups is 2. The predicted octanol–water partition coefficient (Wildman–Crippen LogP) is 3.00. The number of allylic oxidation sites excluding steroid dienone is 1. The largest absolute Gasteiger partial charge is 0.459 e. The highest BCUT2D eigenvalue weighted by Gasteiger charge is 2.53. The Kier molecular flexibility index (Phi) is 6.14. The maximum Gasteiger partial charge on any atom is 0.306 e. The van der Waals surface area contributed by atoms with Gasteiger partial charge in [-0.15, -0.1) is 0 Å². The molecule has 2 heterocycles. The molecule has 5 heteroatoms. The number of esters is 1. The van der Waals surface area contributed by atoms with Crippen molar-refractivity contribution in [3.05, 3.63) is 23.8 Å². The van der Waals surface area contributed by atoms with Crippen LogP contribution in [0.2, 0.25) is 0 Å². The molecule has 0 aromatic heterocycles. The lowest BCUT2D eigenvalue weighted by molar-refractivity contribution is -0.159. The summed E-state index contributed by atoms with van der Waals surface area (Å²) in [6, 6.07) is 0. The molecular formula is C22H34O5. The molecule has 1 spiro atoms. The summed E-state index contributed by atoms with van der Waals surface area (Å²) in [6.07, 6.45) is 7.09. The Morgan fingerprint density at radius 3 is 2.74 bits per heavy atom. The number of hydrogen-bond acceptors (Lipinski definition) is 5. The van der Waals surface area contributed by atoms with E-state index in [1.165, 1.54) is 0 Å². The first-order chi connectivity index (χ1) is 12.8. The Morgan fingerprint density at radius 2 is 2.04 bits per heavy atom. The minimum Gasteiger partial charge on any atom is -0.459 e. The first-order valence-corrected chi connectivity index (χ1v) is 10.3. The van der Waals surface area contributed by atoms with Crippen LogP contribution in [-0.4, -0.2) is 46.7 Å². The van der Waals surface area contributed by atoms with Crippen LogP contribution >= 0.6 is 0 Å². The quantitative estimate of drug-likeness (QED) is 0.542. The molecular weight excluding hydrogens is 344 g/mol. The van der Waals surface area contributed by atoms with E-state index in [0.717, 1.165) is 18.4 Å². The Hall–Kier alpha value is -1.17. The molecule has 0 saturated carbocycles. The summed E-state index contributed by atoms with van der Waals surface area (Å²) in [5.74, 6) is -0.259. The van der Waals surface area contributed by atoms with Crippen molar-refractivity contribution in [3.63, 3.8) is 0 Å². The number of aliphatic hydroxyl groups excluding tert-OH is 2. The Labute approximate surface area is 162 Å². The van der Waals surface area contributed by atoms with Crippen molar-refractivity contribution in [2.45, 2.75) is 77.3 Å². The molecule has 2 N–H and O–H groups in total. The molecule has 1 aliphatic carbocycles. The van der Waals surface area contributed by atoms with E-state index in [9.17, 15) is 15.0 Å². The summed E-state index contributed by atoms with van der Waals surface area (Å²) in [5, 5.41) is 21.2. The van der Waals surface area contributed by atoms with Gasteiger partial charge in [0.05, 0.1) is 12.2 Å². The van der Waals surface area contributed by atoms with Crippen molar-refractivity contribution in [1.29, 1.82) is 0 Å². The van der Waals surface area contributed by atoms with Crippen LogP contribution < -0.4 is 0 Å². The van der Waals surface area contributed by atoms with E-state index in [1.54, 1.807) is 6.92 Å². The zero-order valence-electron chi connectivity index (χ0n) is 16.9. The molecule has 27 heavy (non-hydrogen) atoms. The van der Waals surface area contributed by atoms with Crippen molar-refractivity contribution in [2.24, 2.45) is 23.7 Å². The lowest BCUT2D eigenvalue weighted by Crippen LogP contribution is -2.54. The molecule has 1 saturated heterocycles. The van der Waals surface area contributed by atoms with Crippen molar-refractivity contribution in [3.8, 4) is 0 Å². The third-order valence-corrected chi connectivity index (χ3v) is 6.82. The average molecular weight is 379 g/mol. The van der Waals surface area contributed by atoms with Gasteiger partial charge in [-0.3, -0.25) is 4.79 Å². The van der Waals surface area contributed by atoms with Crippen LogP contribution in [0.25, 0.3) is 0 Å². The summed E-state index contributed by atoms with van der Waals surface area (Å²) >= 11 is 0. The van der Waals surface area contributed by atoms with E-state index in [2.05, 4.69) is 32.1 Å². The first-order valence-electron chi connectivity index (χ1n) is 10.3. The van der Waals surface area contributed by atoms with Crippen molar-refractivity contribution < 1.29 is 24.5 Å². The Morgan fingerprint density at radius 1 is 1.30 bits per heavy atom. The van der Waals surface area contributed by atoms with E-state index in [-0.39, 0.29) is 36.1 Å². The lowest BCUT2D eigenvalue weighted by atomic mass is 9.63. The monoisotopic (exact) mass is 378 g/mol. The minimum absolute atomic E-state index is 0.0234. The van der Waals surface area contributed by atoms with Gasteiger partial charge in [0.1, 0.15) is 11.7 Å². The topological polar surface area (TPSA) is 76.0 Å². The molecule has 0 amide bonds. The standard InChI is InChI=1S/C22H34O5/c1-13-10-11-26-22-15(3)12-14(2)21(16(4)23)27-19(24)9-8-17(22)6-5-7-18(22)20(13)25/h5-6,12-14,16-18,20-21,23,25H,7-11H2,1-4H3/b15-12+/t13-,14?,16?,17?,18?,20?,21?,22-/m0/s1. The molecule has 2 aliphatic heterocycles.